The van der Waals surface area contributed by atoms with Gasteiger partial charge in [0, 0.05) is 5.69 Å². The van der Waals surface area contributed by atoms with Crippen LogP contribution in [0.4, 0.5) is 10.1 Å². The molecular formula is C16H14FN5OS. The molecule has 24 heavy (non-hydrogen) atoms. The summed E-state index contributed by atoms with van der Waals surface area (Å²) in [5.74, 6) is -0.503. The smallest absolute Gasteiger partial charge is 0.234 e. The van der Waals surface area contributed by atoms with Crippen molar-refractivity contribution < 1.29 is 9.18 Å². The van der Waals surface area contributed by atoms with E-state index in [0.29, 0.717) is 5.16 Å². The molecule has 3 aromatic rings. The van der Waals surface area contributed by atoms with Gasteiger partial charge in [-0.3, -0.25) is 4.79 Å². The molecule has 0 unspecified atom stereocenters. The highest BCUT2D eigenvalue weighted by molar-refractivity contribution is 7.99. The van der Waals surface area contributed by atoms with Crippen LogP contribution in [-0.4, -0.2) is 31.9 Å². The number of thioether (sulfide) groups is 1. The van der Waals surface area contributed by atoms with Crippen molar-refractivity contribution in [1.29, 1.82) is 0 Å². The molecule has 6 nitrogen and oxygen atoms in total. The Morgan fingerprint density at radius 2 is 1.96 bits per heavy atom. The maximum absolute atomic E-state index is 13.9. The lowest BCUT2D eigenvalue weighted by atomic mass is 10.2. The topological polar surface area (TPSA) is 72.7 Å². The van der Waals surface area contributed by atoms with Crippen molar-refractivity contribution >= 4 is 23.4 Å². The summed E-state index contributed by atoms with van der Waals surface area (Å²) in [4.78, 5) is 12.1. The number of tetrazole rings is 1. The van der Waals surface area contributed by atoms with E-state index in [-0.39, 0.29) is 17.3 Å². The summed E-state index contributed by atoms with van der Waals surface area (Å²) in [5.41, 5.74) is 1.98. The van der Waals surface area contributed by atoms with Crippen molar-refractivity contribution in [2.75, 3.05) is 11.1 Å². The van der Waals surface area contributed by atoms with Gasteiger partial charge < -0.3 is 5.32 Å². The molecule has 0 fully saturated rings. The zero-order chi connectivity index (χ0) is 16.9. The molecular weight excluding hydrogens is 329 g/mol. The molecule has 8 heteroatoms. The van der Waals surface area contributed by atoms with Crippen LogP contribution in [0.1, 0.15) is 5.56 Å². The van der Waals surface area contributed by atoms with Crippen LogP contribution >= 0.6 is 11.8 Å². The first-order valence-corrected chi connectivity index (χ1v) is 8.15. The number of aromatic nitrogens is 4. The Morgan fingerprint density at radius 3 is 2.75 bits per heavy atom. The molecule has 0 aliphatic rings. The number of carbonyl (C=O) groups is 1. The second-order valence-electron chi connectivity index (χ2n) is 4.98. The Hall–Kier alpha value is -2.74. The first-order valence-electron chi connectivity index (χ1n) is 7.16. The first-order chi connectivity index (χ1) is 11.6. The quantitative estimate of drug-likeness (QED) is 0.721. The third kappa shape index (κ3) is 3.60. The fourth-order valence-electron chi connectivity index (χ4n) is 2.07. The highest BCUT2D eigenvalue weighted by Gasteiger charge is 2.14. The molecule has 0 aliphatic heterocycles. The fourth-order valence-corrected chi connectivity index (χ4v) is 2.76. The van der Waals surface area contributed by atoms with Crippen molar-refractivity contribution in [1.82, 2.24) is 20.2 Å². The number of hydrogen-bond donors (Lipinski definition) is 1. The molecule has 0 aliphatic carbocycles. The zero-order valence-corrected chi connectivity index (χ0v) is 13.6. The summed E-state index contributed by atoms with van der Waals surface area (Å²) in [6.45, 7) is 1.92. The maximum atomic E-state index is 13.9. The number of nitrogens with zero attached hydrogens (tertiary/aromatic N) is 4. The Balaban J connectivity index is 1.68. The Bertz CT molecular complexity index is 867. The highest BCUT2D eigenvalue weighted by atomic mass is 32.2. The van der Waals surface area contributed by atoms with Gasteiger partial charge in [0.25, 0.3) is 0 Å². The van der Waals surface area contributed by atoms with E-state index >= 15 is 0 Å². The number of amides is 1. The van der Waals surface area contributed by atoms with Gasteiger partial charge in [-0.15, -0.1) is 5.10 Å². The number of anilines is 1. The van der Waals surface area contributed by atoms with Crippen molar-refractivity contribution in [2.24, 2.45) is 0 Å². The van der Waals surface area contributed by atoms with Gasteiger partial charge in [0.2, 0.25) is 11.1 Å². The number of benzene rings is 2. The Morgan fingerprint density at radius 1 is 1.21 bits per heavy atom. The molecule has 0 bridgehead atoms. The SMILES string of the molecule is Cc1ccccc1NC(=O)CSc1nnnn1-c1ccccc1F. The molecule has 1 amide bonds. The van der Waals surface area contributed by atoms with E-state index in [1.807, 2.05) is 31.2 Å². The van der Waals surface area contributed by atoms with Crippen molar-refractivity contribution in [3.8, 4) is 5.69 Å². The van der Waals surface area contributed by atoms with Gasteiger partial charge in [-0.05, 0) is 41.1 Å². The molecule has 3 rings (SSSR count). The highest BCUT2D eigenvalue weighted by Crippen LogP contribution is 2.20. The third-order valence-electron chi connectivity index (χ3n) is 3.27. The van der Waals surface area contributed by atoms with Gasteiger partial charge in [-0.1, -0.05) is 42.1 Å². The van der Waals surface area contributed by atoms with Gasteiger partial charge >= 0.3 is 0 Å². The predicted molar refractivity (Wildman–Crippen MR) is 89.6 cm³/mol. The Kier molecular flexibility index (Phi) is 4.85. The monoisotopic (exact) mass is 343 g/mol. The molecule has 122 valence electrons. The lowest BCUT2D eigenvalue weighted by Gasteiger charge is -2.08. The van der Waals surface area contributed by atoms with E-state index in [1.54, 1.807) is 18.2 Å². The number of carbonyl (C=O) groups excluding carboxylic acids is 1. The zero-order valence-electron chi connectivity index (χ0n) is 12.8. The molecule has 1 N–H and O–H groups in total. The van der Waals surface area contributed by atoms with Crippen LogP contribution in [0, 0.1) is 12.7 Å². The van der Waals surface area contributed by atoms with Gasteiger partial charge in [0.05, 0.1) is 5.75 Å². The number of rotatable bonds is 5. The minimum atomic E-state index is -0.434. The van der Waals surface area contributed by atoms with E-state index in [9.17, 15) is 9.18 Å². The second-order valence-corrected chi connectivity index (χ2v) is 5.92. The van der Waals surface area contributed by atoms with E-state index in [1.165, 1.54) is 10.7 Å². The van der Waals surface area contributed by atoms with Gasteiger partial charge in [0.1, 0.15) is 11.5 Å². The van der Waals surface area contributed by atoms with Crippen molar-refractivity contribution in [3.05, 3.63) is 59.9 Å². The molecule has 0 atom stereocenters. The maximum Gasteiger partial charge on any atom is 0.234 e. The van der Waals surface area contributed by atoms with Crippen LogP contribution in [0.25, 0.3) is 5.69 Å². The van der Waals surface area contributed by atoms with Gasteiger partial charge in [-0.2, -0.15) is 4.68 Å². The number of hydrogen-bond acceptors (Lipinski definition) is 5. The standard InChI is InChI=1S/C16H14FN5OS/c1-11-6-2-4-8-13(11)18-15(23)10-24-16-19-20-21-22(16)14-9-5-3-7-12(14)17/h2-9H,10H2,1H3,(H,18,23). The summed E-state index contributed by atoms with van der Waals surface area (Å²) < 4.78 is 15.1. The van der Waals surface area contributed by atoms with Crippen LogP contribution in [0.15, 0.2) is 53.7 Å². The molecule has 1 heterocycles. The normalized spacial score (nSPS) is 10.6. The lowest BCUT2D eigenvalue weighted by Crippen LogP contribution is -2.15. The molecule has 1 aromatic heterocycles. The molecule has 2 aromatic carbocycles. The van der Waals surface area contributed by atoms with Crippen LogP contribution in [0.2, 0.25) is 0 Å². The number of para-hydroxylation sites is 2. The summed E-state index contributed by atoms with van der Waals surface area (Å²) in [6.07, 6.45) is 0. The molecule has 0 spiro atoms. The van der Waals surface area contributed by atoms with Gasteiger partial charge in [0.15, 0.2) is 0 Å². The fraction of sp³-hybridized carbons (Fsp3) is 0.125. The van der Waals surface area contributed by atoms with E-state index in [2.05, 4.69) is 20.8 Å². The summed E-state index contributed by atoms with van der Waals surface area (Å²) in [6, 6.07) is 13.7. The average Bonchev–Trinajstić information content (AvgIpc) is 3.04. The minimum absolute atomic E-state index is 0.114. The number of halogens is 1. The minimum Gasteiger partial charge on any atom is -0.325 e. The first kappa shape index (κ1) is 16.1. The lowest BCUT2D eigenvalue weighted by molar-refractivity contribution is -0.113. The molecule has 0 saturated carbocycles. The predicted octanol–water partition coefficient (Wildman–Crippen LogP) is 2.84. The molecule has 0 radical (unpaired) electrons. The summed E-state index contributed by atoms with van der Waals surface area (Å²) >= 11 is 1.14. The Labute approximate surface area is 142 Å². The van der Waals surface area contributed by atoms with Gasteiger partial charge in [-0.25, -0.2) is 4.39 Å². The second kappa shape index (κ2) is 7.22. The summed E-state index contributed by atoms with van der Waals surface area (Å²) in [7, 11) is 0. The average molecular weight is 343 g/mol. The number of nitrogens with one attached hydrogen (secondary N) is 1. The largest absolute Gasteiger partial charge is 0.325 e. The van der Waals surface area contributed by atoms with Crippen molar-refractivity contribution in [3.63, 3.8) is 0 Å². The van der Waals surface area contributed by atoms with E-state index in [0.717, 1.165) is 23.0 Å². The summed E-state index contributed by atoms with van der Waals surface area (Å²) in [5, 5.41) is 14.4. The van der Waals surface area contributed by atoms with Crippen LogP contribution in [0.5, 0.6) is 0 Å². The van der Waals surface area contributed by atoms with E-state index < -0.39 is 5.82 Å². The van der Waals surface area contributed by atoms with Crippen LogP contribution in [0.3, 0.4) is 0 Å². The number of aryl methyl sites for hydroxylation is 1. The molecule has 0 saturated heterocycles. The van der Waals surface area contributed by atoms with Crippen molar-refractivity contribution in [2.45, 2.75) is 12.1 Å². The van der Waals surface area contributed by atoms with E-state index in [4.69, 9.17) is 0 Å². The van der Waals surface area contributed by atoms with Crippen LogP contribution < -0.4 is 5.32 Å². The third-order valence-corrected chi connectivity index (χ3v) is 4.19. The van der Waals surface area contributed by atoms with Crippen LogP contribution in [-0.2, 0) is 4.79 Å².